The first-order valence-electron chi connectivity index (χ1n) is 6.63. The van der Waals surface area contributed by atoms with E-state index >= 15 is 0 Å². The van der Waals surface area contributed by atoms with Crippen LogP contribution in [0.5, 0.6) is 0 Å². The van der Waals surface area contributed by atoms with Gasteiger partial charge in [0.15, 0.2) is 4.34 Å². The Morgan fingerprint density at radius 2 is 2.23 bits per heavy atom. The fourth-order valence-electron chi connectivity index (χ4n) is 1.74. The minimum atomic E-state index is -0.678. The second kappa shape index (κ2) is 7.68. The average Bonchev–Trinajstić information content (AvgIpc) is 2.87. The predicted molar refractivity (Wildman–Crippen MR) is 88.4 cm³/mol. The Morgan fingerprint density at radius 3 is 2.82 bits per heavy atom. The molecular weight excluding hydrogens is 320 g/mol. The van der Waals surface area contributed by atoms with E-state index in [0.717, 1.165) is 25.5 Å². The van der Waals surface area contributed by atoms with Gasteiger partial charge in [0, 0.05) is 17.7 Å². The Balaban J connectivity index is 2.04. The van der Waals surface area contributed by atoms with Crippen LogP contribution in [0.3, 0.4) is 0 Å². The summed E-state index contributed by atoms with van der Waals surface area (Å²) in [5.74, 6) is -0.259. The zero-order valence-electron chi connectivity index (χ0n) is 12.6. The van der Waals surface area contributed by atoms with E-state index in [4.69, 9.17) is 10.5 Å². The monoisotopic (exact) mass is 338 g/mol. The standard InChI is InChI=1S/C14H18N4O2S2/c1-8-6-10(22-14-18-17-9(2)21-14)4-5-12(8)16-13(19)11(15)7-20-3/h4-6,11H,7,15H2,1-3H3,(H,16,19). The summed E-state index contributed by atoms with van der Waals surface area (Å²) in [5.41, 5.74) is 7.41. The fourth-order valence-corrected chi connectivity index (χ4v) is 3.63. The van der Waals surface area contributed by atoms with Crippen molar-refractivity contribution >= 4 is 34.7 Å². The van der Waals surface area contributed by atoms with Crippen LogP contribution in [0.25, 0.3) is 0 Å². The van der Waals surface area contributed by atoms with Gasteiger partial charge in [-0.2, -0.15) is 0 Å². The maximum atomic E-state index is 11.9. The van der Waals surface area contributed by atoms with Crippen LogP contribution in [0, 0.1) is 13.8 Å². The number of ether oxygens (including phenoxy) is 1. The number of nitrogens with zero attached hydrogens (tertiary/aromatic N) is 2. The van der Waals surface area contributed by atoms with Gasteiger partial charge in [-0.3, -0.25) is 4.79 Å². The molecule has 0 spiro atoms. The Bertz CT molecular complexity index is 660. The van der Waals surface area contributed by atoms with Gasteiger partial charge < -0.3 is 15.8 Å². The highest BCUT2D eigenvalue weighted by atomic mass is 32.2. The van der Waals surface area contributed by atoms with E-state index in [1.54, 1.807) is 23.1 Å². The first-order chi connectivity index (χ1) is 10.5. The van der Waals surface area contributed by atoms with Crippen molar-refractivity contribution in [1.82, 2.24) is 10.2 Å². The maximum absolute atomic E-state index is 11.9. The highest BCUT2D eigenvalue weighted by molar-refractivity contribution is 8.01. The van der Waals surface area contributed by atoms with E-state index in [-0.39, 0.29) is 12.5 Å². The Kier molecular flexibility index (Phi) is 5.90. The number of methoxy groups -OCH3 is 1. The third-order valence-electron chi connectivity index (χ3n) is 2.85. The summed E-state index contributed by atoms with van der Waals surface area (Å²) in [6.45, 7) is 4.05. The molecule has 1 unspecified atom stereocenters. The highest BCUT2D eigenvalue weighted by Crippen LogP contribution is 2.32. The predicted octanol–water partition coefficient (Wildman–Crippen LogP) is 2.22. The number of rotatable bonds is 6. The van der Waals surface area contributed by atoms with Gasteiger partial charge in [0.25, 0.3) is 0 Å². The molecule has 0 saturated heterocycles. The van der Waals surface area contributed by atoms with Crippen molar-refractivity contribution in [1.29, 1.82) is 0 Å². The molecule has 1 amide bonds. The van der Waals surface area contributed by atoms with Gasteiger partial charge in [-0.1, -0.05) is 23.1 Å². The number of anilines is 1. The molecule has 6 nitrogen and oxygen atoms in total. The molecule has 0 bridgehead atoms. The number of aryl methyl sites for hydroxylation is 2. The number of aromatic nitrogens is 2. The lowest BCUT2D eigenvalue weighted by Crippen LogP contribution is -2.39. The van der Waals surface area contributed by atoms with E-state index in [9.17, 15) is 4.79 Å². The number of nitrogens with two attached hydrogens (primary N) is 1. The molecule has 2 aromatic rings. The molecule has 0 saturated carbocycles. The van der Waals surface area contributed by atoms with Crippen LogP contribution < -0.4 is 11.1 Å². The topological polar surface area (TPSA) is 90.1 Å². The summed E-state index contributed by atoms with van der Waals surface area (Å²) >= 11 is 3.11. The Hall–Kier alpha value is -1.48. The molecule has 0 radical (unpaired) electrons. The molecule has 0 fully saturated rings. The molecule has 1 aromatic carbocycles. The number of carbonyl (C=O) groups is 1. The number of amides is 1. The van der Waals surface area contributed by atoms with Crippen LogP contribution in [-0.2, 0) is 9.53 Å². The molecule has 1 atom stereocenters. The van der Waals surface area contributed by atoms with Crippen LogP contribution >= 0.6 is 23.1 Å². The summed E-state index contributed by atoms with van der Waals surface area (Å²) in [7, 11) is 1.51. The lowest BCUT2D eigenvalue weighted by Gasteiger charge is -2.13. The molecule has 118 valence electrons. The van der Waals surface area contributed by atoms with Crippen molar-refractivity contribution in [3.8, 4) is 0 Å². The van der Waals surface area contributed by atoms with Crippen LogP contribution in [0.2, 0.25) is 0 Å². The van der Waals surface area contributed by atoms with E-state index in [1.807, 2.05) is 32.0 Å². The quantitative estimate of drug-likeness (QED) is 0.839. The zero-order valence-corrected chi connectivity index (χ0v) is 14.3. The Morgan fingerprint density at radius 1 is 1.45 bits per heavy atom. The summed E-state index contributed by atoms with van der Waals surface area (Å²) < 4.78 is 5.78. The number of hydrogen-bond acceptors (Lipinski definition) is 7. The second-order valence-corrected chi connectivity index (χ2v) is 7.22. The molecule has 0 aliphatic carbocycles. The van der Waals surface area contributed by atoms with Crippen molar-refractivity contribution < 1.29 is 9.53 Å². The molecule has 8 heteroatoms. The molecule has 22 heavy (non-hydrogen) atoms. The normalized spacial score (nSPS) is 12.2. The number of nitrogens with one attached hydrogen (secondary N) is 1. The van der Waals surface area contributed by atoms with E-state index in [2.05, 4.69) is 15.5 Å². The van der Waals surface area contributed by atoms with E-state index in [1.165, 1.54) is 7.11 Å². The summed E-state index contributed by atoms with van der Waals surface area (Å²) in [5, 5.41) is 11.8. The third kappa shape index (κ3) is 4.51. The SMILES string of the molecule is COCC(N)C(=O)Nc1ccc(Sc2nnc(C)s2)cc1C. The fraction of sp³-hybridized carbons (Fsp3) is 0.357. The molecule has 3 N–H and O–H groups in total. The highest BCUT2D eigenvalue weighted by Gasteiger charge is 2.14. The van der Waals surface area contributed by atoms with E-state index in [0.29, 0.717) is 0 Å². The number of carbonyl (C=O) groups excluding carboxylic acids is 1. The lowest BCUT2D eigenvalue weighted by molar-refractivity contribution is -0.118. The number of benzene rings is 1. The average molecular weight is 338 g/mol. The van der Waals surface area contributed by atoms with Crippen molar-refractivity contribution in [2.75, 3.05) is 19.0 Å². The maximum Gasteiger partial charge on any atom is 0.243 e. The zero-order chi connectivity index (χ0) is 16.1. The van der Waals surface area contributed by atoms with E-state index < -0.39 is 6.04 Å². The van der Waals surface area contributed by atoms with Gasteiger partial charge in [-0.15, -0.1) is 10.2 Å². The van der Waals surface area contributed by atoms with Crippen LogP contribution in [0.1, 0.15) is 10.6 Å². The lowest BCUT2D eigenvalue weighted by atomic mass is 10.2. The van der Waals surface area contributed by atoms with Crippen molar-refractivity contribution in [2.45, 2.75) is 29.1 Å². The molecule has 1 heterocycles. The van der Waals surface area contributed by atoms with Gasteiger partial charge in [-0.05, 0) is 37.6 Å². The largest absolute Gasteiger partial charge is 0.383 e. The second-order valence-electron chi connectivity index (χ2n) is 4.72. The number of hydrogen-bond donors (Lipinski definition) is 2. The smallest absolute Gasteiger partial charge is 0.243 e. The molecule has 2 rings (SSSR count). The van der Waals surface area contributed by atoms with Crippen molar-refractivity contribution in [2.24, 2.45) is 5.73 Å². The summed E-state index contributed by atoms with van der Waals surface area (Å²) in [4.78, 5) is 12.9. The first kappa shape index (κ1) is 16.9. The van der Waals surface area contributed by atoms with Gasteiger partial charge in [0.1, 0.15) is 11.0 Å². The molecule has 0 aliphatic heterocycles. The third-order valence-corrected chi connectivity index (χ3v) is 4.73. The van der Waals surface area contributed by atoms with Crippen molar-refractivity contribution in [3.05, 3.63) is 28.8 Å². The molecule has 0 aliphatic rings. The molecule has 1 aromatic heterocycles. The molecular formula is C14H18N4O2S2. The van der Waals surface area contributed by atoms with Gasteiger partial charge in [-0.25, -0.2) is 0 Å². The van der Waals surface area contributed by atoms with Crippen molar-refractivity contribution in [3.63, 3.8) is 0 Å². The minimum absolute atomic E-state index is 0.190. The summed E-state index contributed by atoms with van der Waals surface area (Å²) in [6, 6.07) is 5.12. The first-order valence-corrected chi connectivity index (χ1v) is 8.27. The van der Waals surface area contributed by atoms with Gasteiger partial charge in [0.2, 0.25) is 5.91 Å². The van der Waals surface area contributed by atoms with Crippen LogP contribution in [0.15, 0.2) is 27.4 Å². The van der Waals surface area contributed by atoms with Crippen LogP contribution in [-0.4, -0.2) is 35.9 Å². The summed E-state index contributed by atoms with van der Waals surface area (Å²) in [6.07, 6.45) is 0. The van der Waals surface area contributed by atoms with Crippen LogP contribution in [0.4, 0.5) is 5.69 Å². The minimum Gasteiger partial charge on any atom is -0.383 e. The van der Waals surface area contributed by atoms with Gasteiger partial charge in [0.05, 0.1) is 6.61 Å². The Labute approximate surface area is 137 Å². The van der Waals surface area contributed by atoms with Gasteiger partial charge >= 0.3 is 0 Å².